The zero-order chi connectivity index (χ0) is 21.8. The van der Waals surface area contributed by atoms with Crippen molar-refractivity contribution in [2.45, 2.75) is 49.9 Å². The molecule has 1 aliphatic heterocycles. The topological polar surface area (TPSA) is 84.2 Å². The van der Waals surface area contributed by atoms with E-state index in [0.717, 1.165) is 30.7 Å². The van der Waals surface area contributed by atoms with Gasteiger partial charge >= 0.3 is 6.03 Å². The van der Waals surface area contributed by atoms with E-state index in [1.54, 1.807) is 6.20 Å². The third-order valence-electron chi connectivity index (χ3n) is 6.75. The van der Waals surface area contributed by atoms with Crippen LogP contribution in [0.15, 0.2) is 59.4 Å². The van der Waals surface area contributed by atoms with Crippen LogP contribution in [0.1, 0.15) is 66.3 Å². The van der Waals surface area contributed by atoms with Gasteiger partial charge in [-0.1, -0.05) is 54.4 Å². The van der Waals surface area contributed by atoms with Crippen LogP contribution in [0.25, 0.3) is 0 Å². The van der Waals surface area contributed by atoms with Gasteiger partial charge in [0.05, 0.1) is 5.92 Å². The molecule has 1 aliphatic carbocycles. The highest BCUT2D eigenvalue weighted by Gasteiger charge is 2.40. The van der Waals surface area contributed by atoms with E-state index >= 15 is 0 Å². The lowest BCUT2D eigenvalue weighted by Gasteiger charge is -2.17. The molecule has 7 nitrogen and oxygen atoms in total. The lowest BCUT2D eigenvalue weighted by atomic mass is 9.90. The smallest absolute Gasteiger partial charge is 0.317 e. The number of carbonyl (C=O) groups is 1. The number of amides is 2. The monoisotopic (exact) mass is 431 g/mol. The number of aromatic nitrogens is 3. The third kappa shape index (κ3) is 4.52. The second-order valence-corrected chi connectivity index (χ2v) is 8.84. The molecule has 1 saturated carbocycles. The fourth-order valence-corrected chi connectivity index (χ4v) is 4.97. The van der Waals surface area contributed by atoms with Crippen molar-refractivity contribution in [1.82, 2.24) is 25.3 Å². The van der Waals surface area contributed by atoms with Crippen LogP contribution in [0.3, 0.4) is 0 Å². The summed E-state index contributed by atoms with van der Waals surface area (Å²) in [7, 11) is 0. The SMILES string of the molecule is O=C(NCCc1ccccc1)N1C[C@@H](c2cccnc2)[C@H](c2nc(C3CCCC3)no2)C1. The summed E-state index contributed by atoms with van der Waals surface area (Å²) in [4.78, 5) is 23.9. The van der Waals surface area contributed by atoms with Crippen molar-refractivity contribution < 1.29 is 9.32 Å². The maximum atomic E-state index is 12.9. The van der Waals surface area contributed by atoms with E-state index in [1.807, 2.05) is 35.4 Å². The predicted molar refractivity (Wildman–Crippen MR) is 120 cm³/mol. The molecule has 1 N–H and O–H groups in total. The summed E-state index contributed by atoms with van der Waals surface area (Å²) in [6.45, 7) is 1.77. The fourth-order valence-electron chi connectivity index (χ4n) is 4.97. The molecule has 2 aromatic heterocycles. The first-order valence-corrected chi connectivity index (χ1v) is 11.6. The Labute approximate surface area is 188 Å². The van der Waals surface area contributed by atoms with Crippen molar-refractivity contribution >= 4 is 6.03 Å². The second-order valence-electron chi connectivity index (χ2n) is 8.84. The van der Waals surface area contributed by atoms with Crippen molar-refractivity contribution in [2.75, 3.05) is 19.6 Å². The Morgan fingerprint density at radius 1 is 1.06 bits per heavy atom. The molecule has 2 aliphatic rings. The van der Waals surface area contributed by atoms with Crippen LogP contribution in [0.2, 0.25) is 0 Å². The molecule has 2 atom stereocenters. The Morgan fingerprint density at radius 3 is 2.66 bits per heavy atom. The Morgan fingerprint density at radius 2 is 1.88 bits per heavy atom. The lowest BCUT2D eigenvalue weighted by molar-refractivity contribution is 0.207. The van der Waals surface area contributed by atoms with E-state index in [-0.39, 0.29) is 17.9 Å². The summed E-state index contributed by atoms with van der Waals surface area (Å²) in [5.74, 6) is 1.93. The summed E-state index contributed by atoms with van der Waals surface area (Å²) >= 11 is 0. The average molecular weight is 432 g/mol. The number of likely N-dealkylation sites (tertiary alicyclic amines) is 1. The van der Waals surface area contributed by atoms with E-state index in [9.17, 15) is 4.79 Å². The van der Waals surface area contributed by atoms with Gasteiger partial charge in [0.15, 0.2) is 5.82 Å². The van der Waals surface area contributed by atoms with Crippen LogP contribution < -0.4 is 5.32 Å². The number of hydrogen-bond acceptors (Lipinski definition) is 5. The Balaban J connectivity index is 1.29. The molecule has 3 aromatic rings. The Hall–Kier alpha value is -3.22. The van der Waals surface area contributed by atoms with Gasteiger partial charge in [0.2, 0.25) is 5.89 Å². The van der Waals surface area contributed by atoms with Gasteiger partial charge in [0.1, 0.15) is 0 Å². The highest BCUT2D eigenvalue weighted by Crippen LogP contribution is 2.40. The normalized spacial score (nSPS) is 21.2. The van der Waals surface area contributed by atoms with Crippen molar-refractivity contribution in [3.05, 3.63) is 77.7 Å². The van der Waals surface area contributed by atoms with Crippen molar-refractivity contribution in [3.63, 3.8) is 0 Å². The Bertz CT molecular complexity index is 1020. The molecule has 3 heterocycles. The summed E-state index contributed by atoms with van der Waals surface area (Å²) < 4.78 is 5.74. The van der Waals surface area contributed by atoms with Gasteiger partial charge in [-0.05, 0) is 36.5 Å². The van der Waals surface area contributed by atoms with Crippen LogP contribution in [-0.4, -0.2) is 45.7 Å². The van der Waals surface area contributed by atoms with Crippen LogP contribution in [-0.2, 0) is 6.42 Å². The molecule has 166 valence electrons. The van der Waals surface area contributed by atoms with Gasteiger partial charge in [0, 0.05) is 43.9 Å². The largest absolute Gasteiger partial charge is 0.339 e. The zero-order valence-electron chi connectivity index (χ0n) is 18.2. The van der Waals surface area contributed by atoms with Crippen molar-refractivity contribution in [1.29, 1.82) is 0 Å². The minimum absolute atomic E-state index is 0.0262. The Kier molecular flexibility index (Phi) is 6.14. The van der Waals surface area contributed by atoms with Gasteiger partial charge in [-0.3, -0.25) is 4.98 Å². The molecular formula is C25H29N5O2. The minimum atomic E-state index is -0.0483. The van der Waals surface area contributed by atoms with E-state index in [2.05, 4.69) is 33.7 Å². The van der Waals surface area contributed by atoms with Gasteiger partial charge in [-0.2, -0.15) is 4.98 Å². The molecule has 5 rings (SSSR count). The first kappa shape index (κ1) is 20.7. The number of pyridine rings is 1. The fraction of sp³-hybridized carbons (Fsp3) is 0.440. The zero-order valence-corrected chi connectivity index (χ0v) is 18.2. The van der Waals surface area contributed by atoms with Crippen molar-refractivity contribution in [3.8, 4) is 0 Å². The molecule has 0 radical (unpaired) electrons. The summed E-state index contributed by atoms with van der Waals surface area (Å²) in [6, 6.07) is 14.1. The average Bonchev–Trinajstić information content (AvgIpc) is 3.60. The highest BCUT2D eigenvalue weighted by molar-refractivity contribution is 5.75. The number of hydrogen-bond donors (Lipinski definition) is 1. The van der Waals surface area contributed by atoms with Crippen LogP contribution in [0.4, 0.5) is 4.79 Å². The molecule has 0 unspecified atom stereocenters. The van der Waals surface area contributed by atoms with E-state index in [0.29, 0.717) is 31.4 Å². The van der Waals surface area contributed by atoms with Crippen LogP contribution in [0.5, 0.6) is 0 Å². The minimum Gasteiger partial charge on any atom is -0.339 e. The molecule has 0 bridgehead atoms. The maximum Gasteiger partial charge on any atom is 0.317 e. The first-order valence-electron chi connectivity index (χ1n) is 11.6. The number of nitrogens with one attached hydrogen (secondary N) is 1. The molecule has 2 amide bonds. The van der Waals surface area contributed by atoms with Gasteiger partial charge in [-0.25, -0.2) is 4.79 Å². The lowest BCUT2D eigenvalue weighted by Crippen LogP contribution is -2.39. The van der Waals surface area contributed by atoms with Gasteiger partial charge in [0.25, 0.3) is 0 Å². The number of carbonyl (C=O) groups excluding carboxylic acids is 1. The molecule has 1 aromatic carbocycles. The molecular weight excluding hydrogens is 402 g/mol. The van der Waals surface area contributed by atoms with E-state index in [1.165, 1.54) is 18.4 Å². The summed E-state index contributed by atoms with van der Waals surface area (Å²) in [6.07, 6.45) is 9.18. The molecule has 1 saturated heterocycles. The quantitative estimate of drug-likeness (QED) is 0.630. The van der Waals surface area contributed by atoms with Gasteiger partial charge in [-0.15, -0.1) is 0 Å². The highest BCUT2D eigenvalue weighted by atomic mass is 16.5. The standard InChI is InChI=1S/C25H29N5O2/c31-25(27-14-12-18-7-2-1-3-8-18)30-16-21(20-11-6-13-26-15-20)22(17-30)24-28-23(29-32-24)19-9-4-5-10-19/h1-3,6-8,11,13,15,19,21-22H,4-5,9-10,12,14,16-17H2,(H,27,31)/t21-,22+/m0/s1. The summed E-state index contributed by atoms with van der Waals surface area (Å²) in [5.41, 5.74) is 2.31. The van der Waals surface area contributed by atoms with E-state index in [4.69, 9.17) is 9.51 Å². The predicted octanol–water partition coefficient (Wildman–Crippen LogP) is 4.26. The number of benzene rings is 1. The van der Waals surface area contributed by atoms with Crippen molar-refractivity contribution in [2.24, 2.45) is 0 Å². The molecule has 7 heteroatoms. The number of rotatable bonds is 6. The van der Waals surface area contributed by atoms with Crippen LogP contribution >= 0.6 is 0 Å². The van der Waals surface area contributed by atoms with E-state index < -0.39 is 0 Å². The maximum absolute atomic E-state index is 12.9. The van der Waals surface area contributed by atoms with Gasteiger partial charge < -0.3 is 14.7 Å². The van der Waals surface area contributed by atoms with Crippen LogP contribution in [0, 0.1) is 0 Å². The summed E-state index contributed by atoms with van der Waals surface area (Å²) in [5, 5.41) is 7.37. The third-order valence-corrected chi connectivity index (χ3v) is 6.75. The second kappa shape index (κ2) is 9.51. The number of nitrogens with zero attached hydrogens (tertiary/aromatic N) is 4. The molecule has 0 spiro atoms. The number of urea groups is 1. The molecule has 2 fully saturated rings. The first-order chi connectivity index (χ1) is 15.8. The molecule has 32 heavy (non-hydrogen) atoms.